The van der Waals surface area contributed by atoms with E-state index in [-0.39, 0.29) is 36.3 Å². The van der Waals surface area contributed by atoms with Gasteiger partial charge >= 0.3 is 23.9 Å². The van der Waals surface area contributed by atoms with Crippen molar-refractivity contribution in [1.82, 2.24) is 0 Å². The molecule has 3 atom stereocenters. The van der Waals surface area contributed by atoms with Crippen molar-refractivity contribution < 1.29 is 42.9 Å². The lowest BCUT2D eigenvalue weighted by Crippen LogP contribution is -2.38. The van der Waals surface area contributed by atoms with E-state index in [2.05, 4.69) is 11.7 Å². The molecule has 0 aromatic carbocycles. The molecular formula is C27H37ClO9. The molecule has 0 saturated heterocycles. The lowest BCUT2D eigenvalue weighted by molar-refractivity contribution is -0.162. The van der Waals surface area contributed by atoms with Gasteiger partial charge in [0.15, 0.2) is 11.7 Å². The predicted octanol–water partition coefficient (Wildman–Crippen LogP) is 4.65. The Labute approximate surface area is 223 Å². The summed E-state index contributed by atoms with van der Waals surface area (Å²) >= 11 is 6.20. The Kier molecular flexibility index (Phi) is 13.9. The molecule has 0 spiro atoms. The quantitative estimate of drug-likeness (QED) is 0.0959. The first kappa shape index (κ1) is 32.1. The summed E-state index contributed by atoms with van der Waals surface area (Å²) in [6.45, 7) is 5.68. The molecule has 0 fully saturated rings. The van der Waals surface area contributed by atoms with Crippen LogP contribution in [0.5, 0.6) is 0 Å². The first-order valence-corrected chi connectivity index (χ1v) is 12.7. The van der Waals surface area contributed by atoms with Gasteiger partial charge in [-0.15, -0.1) is 0 Å². The largest absolute Gasteiger partial charge is 0.469 e. The molecule has 37 heavy (non-hydrogen) atoms. The molecule has 0 aromatic heterocycles. The Bertz CT molecular complexity index is 934. The standard InChI is InChI=1S/C27H37ClO9/c1-6-7-8-9-10-11-15-27(37-20(4)31)17-22(28)26(33)21(27)16-24(36-19(3)30)23(35-18(2)29)13-12-14-25(32)34-5/h10-11,16-17,23-24H,6-9,12-15H2,1-5H3/b11-10-,21-16?/t23-,24-,27+/m0/s1. The third kappa shape index (κ3) is 10.9. The number of esters is 4. The van der Waals surface area contributed by atoms with Crippen LogP contribution in [0.3, 0.4) is 0 Å². The summed E-state index contributed by atoms with van der Waals surface area (Å²) in [7, 11) is 1.26. The van der Waals surface area contributed by atoms with Crippen LogP contribution < -0.4 is 0 Å². The second kappa shape index (κ2) is 16.0. The fourth-order valence-electron chi connectivity index (χ4n) is 3.95. The minimum Gasteiger partial charge on any atom is -0.469 e. The van der Waals surface area contributed by atoms with Crippen molar-refractivity contribution >= 4 is 41.3 Å². The minimum absolute atomic E-state index is 0.0118. The van der Waals surface area contributed by atoms with E-state index in [0.29, 0.717) is 0 Å². The second-order valence-corrected chi connectivity index (χ2v) is 9.15. The van der Waals surface area contributed by atoms with E-state index in [1.807, 2.05) is 12.2 Å². The number of carbonyl (C=O) groups is 5. The molecule has 0 amide bonds. The molecule has 10 heteroatoms. The number of rotatable bonds is 15. The van der Waals surface area contributed by atoms with E-state index in [4.69, 9.17) is 25.8 Å². The van der Waals surface area contributed by atoms with Crippen LogP contribution >= 0.6 is 11.6 Å². The number of allylic oxidation sites excluding steroid dienone is 2. The molecule has 0 bridgehead atoms. The number of methoxy groups -OCH3 is 1. The van der Waals surface area contributed by atoms with Gasteiger partial charge in [-0.05, 0) is 37.8 Å². The maximum atomic E-state index is 13.1. The van der Waals surface area contributed by atoms with Crippen LogP contribution in [0.1, 0.15) is 79.1 Å². The van der Waals surface area contributed by atoms with Crippen LogP contribution in [0.2, 0.25) is 0 Å². The molecule has 0 N–H and O–H groups in total. The van der Waals surface area contributed by atoms with Crippen LogP contribution in [0.4, 0.5) is 0 Å². The fraction of sp³-hybridized carbons (Fsp3) is 0.593. The Morgan fingerprint density at radius 1 is 1.00 bits per heavy atom. The average Bonchev–Trinajstić information content (AvgIpc) is 3.03. The molecule has 206 valence electrons. The lowest BCUT2D eigenvalue weighted by Gasteiger charge is -2.30. The fourth-order valence-corrected chi connectivity index (χ4v) is 4.23. The van der Waals surface area contributed by atoms with Gasteiger partial charge in [0.25, 0.3) is 0 Å². The highest BCUT2D eigenvalue weighted by Gasteiger charge is 2.46. The van der Waals surface area contributed by atoms with Gasteiger partial charge in [0.1, 0.15) is 6.10 Å². The molecule has 0 saturated carbocycles. The van der Waals surface area contributed by atoms with Gasteiger partial charge in [0.05, 0.1) is 12.1 Å². The number of halogens is 1. The monoisotopic (exact) mass is 540 g/mol. The van der Waals surface area contributed by atoms with Gasteiger partial charge in [0, 0.05) is 39.2 Å². The van der Waals surface area contributed by atoms with Crippen molar-refractivity contribution in [3.8, 4) is 0 Å². The number of carbonyl (C=O) groups excluding carboxylic acids is 5. The molecule has 0 unspecified atom stereocenters. The van der Waals surface area contributed by atoms with Gasteiger partial charge in [-0.3, -0.25) is 24.0 Å². The highest BCUT2D eigenvalue weighted by atomic mass is 35.5. The van der Waals surface area contributed by atoms with Crippen LogP contribution in [-0.2, 0) is 42.9 Å². The Hall–Kier alpha value is -2.94. The van der Waals surface area contributed by atoms with E-state index in [9.17, 15) is 24.0 Å². The van der Waals surface area contributed by atoms with Crippen molar-refractivity contribution in [3.05, 3.63) is 34.9 Å². The van der Waals surface area contributed by atoms with Crippen molar-refractivity contribution in [2.24, 2.45) is 0 Å². The molecule has 1 aliphatic carbocycles. The van der Waals surface area contributed by atoms with E-state index < -0.39 is 47.5 Å². The summed E-state index contributed by atoms with van der Waals surface area (Å²) in [4.78, 5) is 60.5. The zero-order valence-electron chi connectivity index (χ0n) is 22.2. The van der Waals surface area contributed by atoms with Gasteiger partial charge in [-0.2, -0.15) is 0 Å². The van der Waals surface area contributed by atoms with Crippen LogP contribution in [0.15, 0.2) is 34.9 Å². The normalized spacial score (nSPS) is 19.9. The maximum Gasteiger partial charge on any atom is 0.305 e. The third-order valence-corrected chi connectivity index (χ3v) is 5.86. The summed E-state index contributed by atoms with van der Waals surface area (Å²) in [5.74, 6) is -3.03. The first-order chi connectivity index (χ1) is 17.5. The molecule has 0 aromatic rings. The maximum absolute atomic E-state index is 13.1. The van der Waals surface area contributed by atoms with Gasteiger partial charge in [-0.1, -0.05) is 43.5 Å². The van der Waals surface area contributed by atoms with Crippen molar-refractivity contribution in [1.29, 1.82) is 0 Å². The number of Topliss-reactive ketones (excluding diaryl/α,β-unsaturated/α-hetero) is 1. The highest BCUT2D eigenvalue weighted by Crippen LogP contribution is 2.40. The van der Waals surface area contributed by atoms with Crippen molar-refractivity contribution in [3.63, 3.8) is 0 Å². The van der Waals surface area contributed by atoms with Crippen molar-refractivity contribution in [2.45, 2.75) is 96.9 Å². The third-order valence-electron chi connectivity index (χ3n) is 5.58. The Morgan fingerprint density at radius 2 is 1.68 bits per heavy atom. The van der Waals surface area contributed by atoms with Crippen LogP contribution in [0, 0.1) is 0 Å². The lowest BCUT2D eigenvalue weighted by atomic mass is 9.89. The first-order valence-electron chi connectivity index (χ1n) is 12.4. The Balaban J connectivity index is 3.44. The molecule has 1 aliphatic rings. The molecule has 0 heterocycles. The zero-order valence-corrected chi connectivity index (χ0v) is 22.9. The highest BCUT2D eigenvalue weighted by molar-refractivity contribution is 6.46. The van der Waals surface area contributed by atoms with Crippen LogP contribution in [-0.4, -0.2) is 54.6 Å². The van der Waals surface area contributed by atoms with Gasteiger partial charge < -0.3 is 18.9 Å². The number of hydrogen-bond acceptors (Lipinski definition) is 9. The van der Waals surface area contributed by atoms with E-state index in [1.54, 1.807) is 0 Å². The second-order valence-electron chi connectivity index (χ2n) is 8.75. The smallest absolute Gasteiger partial charge is 0.305 e. The molecule has 1 rings (SSSR count). The minimum atomic E-state index is -1.52. The average molecular weight is 541 g/mol. The van der Waals surface area contributed by atoms with E-state index >= 15 is 0 Å². The summed E-state index contributed by atoms with van der Waals surface area (Å²) in [5.41, 5.74) is -1.53. The zero-order chi connectivity index (χ0) is 28.0. The van der Waals surface area contributed by atoms with Gasteiger partial charge in [0.2, 0.25) is 5.78 Å². The van der Waals surface area contributed by atoms with Crippen molar-refractivity contribution in [2.75, 3.05) is 7.11 Å². The summed E-state index contributed by atoms with van der Waals surface area (Å²) in [6.07, 6.45) is 8.73. The molecule has 0 radical (unpaired) electrons. The number of ether oxygens (including phenoxy) is 4. The van der Waals surface area contributed by atoms with Crippen LogP contribution in [0.25, 0.3) is 0 Å². The molecule has 9 nitrogen and oxygen atoms in total. The SMILES string of the molecule is CCCCC/C=C\C[C@@]1(OC(C)=O)C=C(Cl)C(=O)C1=C[C@H](OC(C)=O)[C@H](CCCC(=O)OC)OC(C)=O. The molecule has 0 aliphatic heterocycles. The number of ketones is 1. The number of unbranched alkanes of at least 4 members (excludes halogenated alkanes) is 3. The summed E-state index contributed by atoms with van der Waals surface area (Å²) in [6, 6.07) is 0. The topological polar surface area (TPSA) is 122 Å². The van der Waals surface area contributed by atoms with E-state index in [1.165, 1.54) is 40.0 Å². The number of hydrogen-bond donors (Lipinski definition) is 0. The summed E-state index contributed by atoms with van der Waals surface area (Å²) in [5, 5.41) is -0.150. The van der Waals surface area contributed by atoms with Gasteiger partial charge in [-0.25, -0.2) is 0 Å². The Morgan fingerprint density at radius 3 is 2.24 bits per heavy atom. The predicted molar refractivity (Wildman–Crippen MR) is 136 cm³/mol. The summed E-state index contributed by atoms with van der Waals surface area (Å²) < 4.78 is 21.1. The van der Waals surface area contributed by atoms with E-state index in [0.717, 1.165) is 25.7 Å². The molecular weight excluding hydrogens is 504 g/mol.